The Kier molecular flexibility index (Phi) is 7.49. The third kappa shape index (κ3) is 4.93. The fraction of sp³-hybridized carbons (Fsp3) is 0.519. The zero-order valence-electron chi connectivity index (χ0n) is 20.5. The smallest absolute Gasteiger partial charge is 0.271 e. The highest BCUT2D eigenvalue weighted by Gasteiger charge is 2.32. The van der Waals surface area contributed by atoms with Crippen LogP contribution in [-0.4, -0.2) is 52.0 Å². The number of halogens is 1. The summed E-state index contributed by atoms with van der Waals surface area (Å²) in [4.78, 5) is 27.3. The van der Waals surface area contributed by atoms with E-state index in [1.807, 2.05) is 25.5 Å². The minimum atomic E-state index is -0.294. The van der Waals surface area contributed by atoms with Crippen molar-refractivity contribution >= 4 is 17.9 Å². The Labute approximate surface area is 201 Å². The molecule has 1 aromatic heterocycles. The standard InChI is InChI=1S/C27H35FN4O2/c1-19-24(18-33)26(20(2)29-30(3)23-9-7-5-4-6-8-10-23)32-16-15-31(27(34)25(19)32)17-21-11-13-22(28)14-12-21/h11-14,18,23H,4-10,15-17H2,1-3H3/b29-20-. The molecule has 6 nitrogen and oxygen atoms in total. The molecule has 2 heterocycles. The minimum Gasteiger partial charge on any atom is -0.333 e. The molecule has 2 aliphatic rings. The lowest BCUT2D eigenvalue weighted by Crippen LogP contribution is -2.40. The van der Waals surface area contributed by atoms with E-state index >= 15 is 0 Å². The molecule has 0 atom stereocenters. The highest BCUT2D eigenvalue weighted by atomic mass is 19.1. The average Bonchev–Trinajstić information content (AvgIpc) is 3.09. The lowest BCUT2D eigenvalue weighted by atomic mass is 9.96. The van der Waals surface area contributed by atoms with E-state index in [2.05, 4.69) is 5.01 Å². The third-order valence-electron chi connectivity index (χ3n) is 7.30. The molecule has 0 spiro atoms. The average molecular weight is 467 g/mol. The van der Waals surface area contributed by atoms with Crippen LogP contribution in [0.1, 0.15) is 89.5 Å². The van der Waals surface area contributed by atoms with Crippen LogP contribution in [0.4, 0.5) is 4.39 Å². The molecule has 1 amide bonds. The van der Waals surface area contributed by atoms with Gasteiger partial charge in [0.25, 0.3) is 5.91 Å². The van der Waals surface area contributed by atoms with E-state index in [4.69, 9.17) is 5.10 Å². The van der Waals surface area contributed by atoms with E-state index in [9.17, 15) is 14.0 Å². The summed E-state index contributed by atoms with van der Waals surface area (Å²) in [6.07, 6.45) is 9.45. The molecule has 182 valence electrons. The van der Waals surface area contributed by atoms with E-state index in [1.165, 1.54) is 44.2 Å². The van der Waals surface area contributed by atoms with Crippen LogP contribution in [0.2, 0.25) is 0 Å². The number of nitrogens with zero attached hydrogens (tertiary/aromatic N) is 4. The predicted molar refractivity (Wildman–Crippen MR) is 132 cm³/mol. The van der Waals surface area contributed by atoms with Gasteiger partial charge in [0.2, 0.25) is 0 Å². The lowest BCUT2D eigenvalue weighted by Gasteiger charge is -2.30. The first kappa shape index (κ1) is 24.2. The quantitative estimate of drug-likeness (QED) is 0.335. The molecule has 0 unspecified atom stereocenters. The van der Waals surface area contributed by atoms with E-state index in [0.717, 1.165) is 36.1 Å². The maximum Gasteiger partial charge on any atom is 0.271 e. The third-order valence-corrected chi connectivity index (χ3v) is 7.30. The lowest BCUT2D eigenvalue weighted by molar-refractivity contribution is 0.0689. The number of carbonyl (C=O) groups is 2. The Morgan fingerprint density at radius 1 is 1.12 bits per heavy atom. The molecular weight excluding hydrogens is 431 g/mol. The van der Waals surface area contributed by atoms with Gasteiger partial charge in [0.1, 0.15) is 11.5 Å². The van der Waals surface area contributed by atoms with Crippen molar-refractivity contribution in [3.63, 3.8) is 0 Å². The Morgan fingerprint density at radius 2 is 1.76 bits per heavy atom. The Morgan fingerprint density at radius 3 is 2.41 bits per heavy atom. The van der Waals surface area contributed by atoms with Crippen LogP contribution < -0.4 is 0 Å². The van der Waals surface area contributed by atoms with Crippen LogP contribution in [0.5, 0.6) is 0 Å². The van der Waals surface area contributed by atoms with Gasteiger partial charge in [-0.05, 0) is 49.9 Å². The van der Waals surface area contributed by atoms with Gasteiger partial charge in [0.05, 0.1) is 11.4 Å². The van der Waals surface area contributed by atoms with Crippen molar-refractivity contribution in [2.24, 2.45) is 5.10 Å². The monoisotopic (exact) mass is 466 g/mol. The van der Waals surface area contributed by atoms with Crippen molar-refractivity contribution in [3.8, 4) is 0 Å². The van der Waals surface area contributed by atoms with Crippen molar-refractivity contribution in [1.29, 1.82) is 0 Å². The molecule has 0 radical (unpaired) electrons. The van der Waals surface area contributed by atoms with Crippen LogP contribution in [0, 0.1) is 12.7 Å². The summed E-state index contributed by atoms with van der Waals surface area (Å²) in [5.41, 5.74) is 4.17. The van der Waals surface area contributed by atoms with Gasteiger partial charge in [-0.25, -0.2) is 4.39 Å². The minimum absolute atomic E-state index is 0.108. The molecule has 1 fully saturated rings. The van der Waals surface area contributed by atoms with Crippen LogP contribution in [-0.2, 0) is 13.1 Å². The first-order valence-electron chi connectivity index (χ1n) is 12.4. The van der Waals surface area contributed by atoms with Gasteiger partial charge in [0.15, 0.2) is 6.29 Å². The number of amides is 1. The zero-order chi connectivity index (χ0) is 24.2. The maximum atomic E-state index is 13.4. The molecule has 2 aromatic rings. The number of hydrogen-bond acceptors (Lipinski definition) is 4. The molecule has 1 saturated carbocycles. The first-order chi connectivity index (χ1) is 16.4. The maximum absolute atomic E-state index is 13.4. The summed E-state index contributed by atoms with van der Waals surface area (Å²) in [7, 11) is 2.03. The molecule has 1 aromatic carbocycles. The fourth-order valence-corrected chi connectivity index (χ4v) is 5.41. The molecule has 4 rings (SSSR count). The van der Waals surface area contributed by atoms with Crippen LogP contribution in [0.25, 0.3) is 0 Å². The number of rotatable bonds is 6. The Balaban J connectivity index is 1.61. The van der Waals surface area contributed by atoms with Crippen LogP contribution >= 0.6 is 0 Å². The molecule has 34 heavy (non-hydrogen) atoms. The van der Waals surface area contributed by atoms with Gasteiger partial charge in [0, 0.05) is 38.3 Å². The van der Waals surface area contributed by atoms with Gasteiger partial charge in [-0.15, -0.1) is 0 Å². The number of fused-ring (bicyclic) bond motifs is 1. The van der Waals surface area contributed by atoms with Gasteiger partial charge in [-0.1, -0.05) is 44.2 Å². The topological polar surface area (TPSA) is 57.9 Å². The summed E-state index contributed by atoms with van der Waals surface area (Å²) in [6, 6.07) is 6.63. The van der Waals surface area contributed by atoms with Gasteiger partial charge in [-0.2, -0.15) is 5.10 Å². The predicted octanol–water partition coefficient (Wildman–Crippen LogP) is 5.17. The number of hydrazone groups is 1. The molecule has 1 aliphatic carbocycles. The number of benzene rings is 1. The second kappa shape index (κ2) is 10.5. The summed E-state index contributed by atoms with van der Waals surface area (Å²) in [6.45, 7) is 5.29. The Bertz CT molecular complexity index is 1070. The normalized spacial score (nSPS) is 17.8. The van der Waals surface area contributed by atoms with Crippen LogP contribution in [0.15, 0.2) is 29.4 Å². The molecule has 0 bridgehead atoms. The van der Waals surface area contributed by atoms with Crippen molar-refractivity contribution in [3.05, 3.63) is 58.2 Å². The van der Waals surface area contributed by atoms with Gasteiger partial charge >= 0.3 is 0 Å². The SMILES string of the molecule is C/C(=N/N(C)C1CCCCCCC1)c1c(C=O)c(C)c2n1CCN(Cc1ccc(F)cc1)C2=O. The van der Waals surface area contributed by atoms with E-state index in [-0.39, 0.29) is 11.7 Å². The van der Waals surface area contributed by atoms with Crippen LogP contribution in [0.3, 0.4) is 0 Å². The van der Waals surface area contributed by atoms with Crippen molar-refractivity contribution in [1.82, 2.24) is 14.5 Å². The number of aromatic nitrogens is 1. The largest absolute Gasteiger partial charge is 0.333 e. The van der Waals surface area contributed by atoms with E-state index < -0.39 is 0 Å². The number of aldehydes is 1. The first-order valence-corrected chi connectivity index (χ1v) is 12.4. The second-order valence-corrected chi connectivity index (χ2v) is 9.62. The Hall–Kier alpha value is -2.96. The van der Waals surface area contributed by atoms with Crippen molar-refractivity contribution in [2.45, 2.75) is 77.9 Å². The molecule has 0 saturated heterocycles. The molecular formula is C27H35FN4O2. The second-order valence-electron chi connectivity index (χ2n) is 9.62. The van der Waals surface area contributed by atoms with Gasteiger partial charge in [-0.3, -0.25) is 14.6 Å². The summed E-state index contributed by atoms with van der Waals surface area (Å²) in [5, 5.41) is 6.97. The number of carbonyl (C=O) groups excluding carboxylic acids is 2. The van der Waals surface area contributed by atoms with E-state index in [0.29, 0.717) is 42.5 Å². The van der Waals surface area contributed by atoms with Crippen molar-refractivity contribution < 1.29 is 14.0 Å². The zero-order valence-corrected chi connectivity index (χ0v) is 20.5. The van der Waals surface area contributed by atoms with Crippen molar-refractivity contribution in [2.75, 3.05) is 13.6 Å². The highest BCUT2D eigenvalue weighted by Crippen LogP contribution is 2.28. The molecule has 0 N–H and O–H groups in total. The fourth-order valence-electron chi connectivity index (χ4n) is 5.41. The molecule has 7 heteroatoms. The summed E-state index contributed by atoms with van der Waals surface area (Å²) < 4.78 is 15.2. The molecule has 1 aliphatic heterocycles. The highest BCUT2D eigenvalue weighted by molar-refractivity contribution is 6.08. The summed E-state index contributed by atoms with van der Waals surface area (Å²) >= 11 is 0. The van der Waals surface area contributed by atoms with E-state index in [1.54, 1.807) is 17.0 Å². The number of hydrogen-bond donors (Lipinski definition) is 0. The van der Waals surface area contributed by atoms with Gasteiger partial charge < -0.3 is 9.47 Å². The summed E-state index contributed by atoms with van der Waals surface area (Å²) in [5.74, 6) is -0.401.